The molecule has 170 valence electrons. The van der Waals surface area contributed by atoms with Crippen LogP contribution >= 0.6 is 22.9 Å². The molecule has 32 heavy (non-hydrogen) atoms. The summed E-state index contributed by atoms with van der Waals surface area (Å²) in [5, 5.41) is 5.73. The molecule has 0 bridgehead atoms. The number of benzene rings is 1. The molecule has 2 aromatic heterocycles. The van der Waals surface area contributed by atoms with Gasteiger partial charge < -0.3 is 20.8 Å². The third-order valence-corrected chi connectivity index (χ3v) is 7.14. The fourth-order valence-corrected chi connectivity index (χ4v) is 5.24. The number of carbonyl (C=O) groups is 1. The van der Waals surface area contributed by atoms with E-state index in [4.69, 9.17) is 22.1 Å². The summed E-state index contributed by atoms with van der Waals surface area (Å²) in [4.78, 5) is 32.7. The third kappa shape index (κ3) is 5.56. The summed E-state index contributed by atoms with van der Waals surface area (Å²) in [5.74, 6) is 0.751. The molecule has 0 atom stereocenters. The first-order valence-corrected chi connectivity index (χ1v) is 12.1. The van der Waals surface area contributed by atoms with Crippen molar-refractivity contribution in [2.24, 2.45) is 17.6 Å². The fourth-order valence-electron chi connectivity index (χ4n) is 4.10. The van der Waals surface area contributed by atoms with Crippen LogP contribution in [-0.2, 0) is 17.9 Å². The van der Waals surface area contributed by atoms with Crippen LogP contribution in [0.15, 0.2) is 34.4 Å². The number of hydrogen-bond donors (Lipinski definition) is 3. The maximum Gasteiger partial charge on any atom is 0.287 e. The zero-order chi connectivity index (χ0) is 22.5. The highest BCUT2D eigenvalue weighted by Gasteiger charge is 2.21. The van der Waals surface area contributed by atoms with Gasteiger partial charge in [-0.1, -0.05) is 23.7 Å². The van der Waals surface area contributed by atoms with Crippen LogP contribution in [0.1, 0.15) is 47.4 Å². The molecule has 1 aromatic carbocycles. The minimum atomic E-state index is -0.441. The standard InChI is InChI=1S/C23H27ClN4O3S/c24-18-3-1-2-16(8-18)10-26-22(30)20-27-21(29)19-17(13-32-23(19)28-20)12-31-11-15-6-4-14(9-25)5-7-15/h1-3,8,13-15H,4-7,9-12,25H2,(H,26,30)(H,27,28,29). The molecular weight excluding hydrogens is 448 g/mol. The van der Waals surface area contributed by atoms with Crippen LogP contribution in [0, 0.1) is 11.8 Å². The first kappa shape index (κ1) is 22.9. The van der Waals surface area contributed by atoms with E-state index in [0.29, 0.717) is 40.3 Å². The molecule has 0 saturated heterocycles. The van der Waals surface area contributed by atoms with E-state index in [1.165, 1.54) is 11.3 Å². The highest BCUT2D eigenvalue weighted by molar-refractivity contribution is 7.16. The molecule has 0 radical (unpaired) electrons. The Morgan fingerprint density at radius 2 is 2.06 bits per heavy atom. The smallest absolute Gasteiger partial charge is 0.287 e. The van der Waals surface area contributed by atoms with Crippen LogP contribution in [0.4, 0.5) is 0 Å². The van der Waals surface area contributed by atoms with Crippen molar-refractivity contribution in [3.63, 3.8) is 0 Å². The normalized spacial score (nSPS) is 18.7. The molecule has 1 fully saturated rings. The molecule has 1 aliphatic rings. The van der Waals surface area contributed by atoms with Gasteiger partial charge in [-0.05, 0) is 67.1 Å². The Bertz CT molecular complexity index is 1140. The number of halogens is 1. The van der Waals surface area contributed by atoms with Crippen molar-refractivity contribution in [1.82, 2.24) is 15.3 Å². The second-order valence-corrected chi connectivity index (χ2v) is 9.60. The Hall–Kier alpha value is -2.26. The van der Waals surface area contributed by atoms with E-state index in [0.717, 1.165) is 43.4 Å². The van der Waals surface area contributed by atoms with E-state index in [2.05, 4.69) is 15.3 Å². The van der Waals surface area contributed by atoms with Crippen molar-refractivity contribution >= 4 is 39.1 Å². The van der Waals surface area contributed by atoms with Gasteiger partial charge in [0.15, 0.2) is 0 Å². The van der Waals surface area contributed by atoms with Crippen molar-refractivity contribution in [1.29, 1.82) is 0 Å². The predicted octanol–water partition coefficient (Wildman–Crippen LogP) is 3.85. The first-order chi connectivity index (χ1) is 15.5. The summed E-state index contributed by atoms with van der Waals surface area (Å²) in [6.45, 7) is 2.11. The SMILES string of the molecule is NCC1CCC(COCc2csc3nc(C(=O)NCc4cccc(Cl)c4)[nH]c(=O)c23)CC1. The number of hydrogen-bond acceptors (Lipinski definition) is 6. The highest BCUT2D eigenvalue weighted by Crippen LogP contribution is 2.29. The monoisotopic (exact) mass is 474 g/mol. The number of amides is 1. The first-order valence-electron chi connectivity index (χ1n) is 10.8. The number of aromatic nitrogens is 2. The molecule has 4 N–H and O–H groups in total. The number of nitrogens with one attached hydrogen (secondary N) is 2. The van der Waals surface area contributed by atoms with E-state index in [1.54, 1.807) is 12.1 Å². The minimum Gasteiger partial charge on any atom is -0.376 e. The van der Waals surface area contributed by atoms with Gasteiger partial charge >= 0.3 is 0 Å². The topological polar surface area (TPSA) is 110 Å². The lowest BCUT2D eigenvalue weighted by molar-refractivity contribution is 0.0684. The van der Waals surface area contributed by atoms with Crippen LogP contribution < -0.4 is 16.6 Å². The van der Waals surface area contributed by atoms with Crippen molar-refractivity contribution in [3.05, 3.63) is 62.0 Å². The van der Waals surface area contributed by atoms with Crippen LogP contribution in [-0.4, -0.2) is 29.0 Å². The Balaban J connectivity index is 1.36. The number of thiophene rings is 1. The van der Waals surface area contributed by atoms with Gasteiger partial charge in [-0.2, -0.15) is 0 Å². The van der Waals surface area contributed by atoms with Gasteiger partial charge in [-0.25, -0.2) is 4.98 Å². The number of aromatic amines is 1. The molecule has 7 nitrogen and oxygen atoms in total. The van der Waals surface area contributed by atoms with E-state index >= 15 is 0 Å². The van der Waals surface area contributed by atoms with Crippen LogP contribution in [0.3, 0.4) is 0 Å². The van der Waals surface area contributed by atoms with Crippen molar-refractivity contribution in [2.75, 3.05) is 13.2 Å². The number of carbonyl (C=O) groups excluding carboxylic acids is 1. The third-order valence-electron chi connectivity index (χ3n) is 5.99. The quantitative estimate of drug-likeness (QED) is 0.459. The lowest BCUT2D eigenvalue weighted by Gasteiger charge is -2.27. The molecular formula is C23H27ClN4O3S. The fraction of sp³-hybridized carbons (Fsp3) is 0.435. The van der Waals surface area contributed by atoms with Gasteiger partial charge in [0.05, 0.1) is 12.0 Å². The molecule has 0 unspecified atom stereocenters. The van der Waals surface area contributed by atoms with E-state index < -0.39 is 5.91 Å². The Morgan fingerprint density at radius 1 is 1.28 bits per heavy atom. The number of rotatable bonds is 8. The summed E-state index contributed by atoms with van der Waals surface area (Å²) >= 11 is 7.31. The van der Waals surface area contributed by atoms with E-state index in [1.807, 2.05) is 17.5 Å². The molecule has 9 heteroatoms. The summed E-state index contributed by atoms with van der Waals surface area (Å²) in [5.41, 5.74) is 7.10. The van der Waals surface area contributed by atoms with E-state index in [9.17, 15) is 9.59 Å². The highest BCUT2D eigenvalue weighted by atomic mass is 35.5. The van der Waals surface area contributed by atoms with Gasteiger partial charge in [-0.3, -0.25) is 9.59 Å². The maximum atomic E-state index is 12.7. The summed E-state index contributed by atoms with van der Waals surface area (Å²) in [7, 11) is 0. The maximum absolute atomic E-state index is 12.7. The predicted molar refractivity (Wildman–Crippen MR) is 127 cm³/mol. The molecule has 0 aliphatic heterocycles. The average molecular weight is 475 g/mol. The number of fused-ring (bicyclic) bond motifs is 1. The van der Waals surface area contributed by atoms with Gasteiger partial charge in [-0.15, -0.1) is 11.3 Å². The van der Waals surface area contributed by atoms with Crippen molar-refractivity contribution in [3.8, 4) is 0 Å². The summed E-state index contributed by atoms with van der Waals surface area (Å²) in [6.07, 6.45) is 4.61. The Labute approximate surface area is 195 Å². The Kier molecular flexibility index (Phi) is 7.57. The molecule has 1 amide bonds. The van der Waals surface area contributed by atoms with Crippen LogP contribution in [0.25, 0.3) is 10.2 Å². The molecule has 2 heterocycles. The van der Waals surface area contributed by atoms with Crippen LogP contribution in [0.5, 0.6) is 0 Å². The lowest BCUT2D eigenvalue weighted by atomic mass is 9.82. The van der Waals surface area contributed by atoms with Gasteiger partial charge in [0.2, 0.25) is 5.82 Å². The molecule has 1 aliphatic carbocycles. The number of ether oxygens (including phenoxy) is 1. The average Bonchev–Trinajstić information content (AvgIpc) is 3.21. The minimum absolute atomic E-state index is 0.00416. The number of H-pyrrole nitrogens is 1. The lowest BCUT2D eigenvalue weighted by Crippen LogP contribution is -2.27. The van der Waals surface area contributed by atoms with E-state index in [-0.39, 0.29) is 17.9 Å². The Morgan fingerprint density at radius 3 is 2.81 bits per heavy atom. The van der Waals surface area contributed by atoms with Crippen LogP contribution in [0.2, 0.25) is 5.02 Å². The summed E-state index contributed by atoms with van der Waals surface area (Å²) < 4.78 is 5.93. The second-order valence-electron chi connectivity index (χ2n) is 8.31. The van der Waals surface area contributed by atoms with Crippen molar-refractivity contribution in [2.45, 2.75) is 38.8 Å². The van der Waals surface area contributed by atoms with Crippen molar-refractivity contribution < 1.29 is 9.53 Å². The molecule has 0 spiro atoms. The summed E-state index contributed by atoms with van der Waals surface area (Å²) in [6, 6.07) is 7.22. The largest absolute Gasteiger partial charge is 0.376 e. The molecule has 1 saturated carbocycles. The number of nitrogens with zero attached hydrogens (tertiary/aromatic N) is 1. The van der Waals surface area contributed by atoms with Gasteiger partial charge in [0.25, 0.3) is 11.5 Å². The molecule has 4 rings (SSSR count). The zero-order valence-corrected chi connectivity index (χ0v) is 19.3. The number of nitrogens with two attached hydrogens (primary N) is 1. The van der Waals surface area contributed by atoms with Gasteiger partial charge in [0.1, 0.15) is 4.83 Å². The van der Waals surface area contributed by atoms with Gasteiger partial charge in [0, 0.05) is 23.7 Å². The zero-order valence-electron chi connectivity index (χ0n) is 17.7. The second kappa shape index (κ2) is 10.6. The molecule has 3 aromatic rings.